The van der Waals surface area contributed by atoms with E-state index in [9.17, 15) is 9.59 Å². The van der Waals surface area contributed by atoms with Crippen molar-refractivity contribution in [2.75, 3.05) is 12.4 Å². The van der Waals surface area contributed by atoms with Crippen LogP contribution in [0.5, 0.6) is 0 Å². The van der Waals surface area contributed by atoms with Gasteiger partial charge in [-0.2, -0.15) is 0 Å². The first-order valence-corrected chi connectivity index (χ1v) is 7.00. The fourth-order valence-electron chi connectivity index (χ4n) is 2.44. The van der Waals surface area contributed by atoms with Crippen LogP contribution in [-0.2, 0) is 22.4 Å². The Morgan fingerprint density at radius 1 is 1.26 bits per heavy atom. The van der Waals surface area contributed by atoms with Gasteiger partial charge in [0.1, 0.15) is 0 Å². The number of nitrogens with one attached hydrogen (secondary N) is 1. The summed E-state index contributed by atoms with van der Waals surface area (Å²) in [7, 11) is 1.84. The molecule has 1 aromatic rings. The highest BCUT2D eigenvalue weighted by Crippen LogP contribution is 2.33. The molecule has 1 aromatic carbocycles. The molecule has 19 heavy (non-hydrogen) atoms. The van der Waals surface area contributed by atoms with Crippen molar-refractivity contribution in [3.05, 3.63) is 27.7 Å². The number of carbonyl (C=O) groups excluding carboxylic acids is 2. The number of likely N-dealkylation sites (N-methyl/N-ethyl adjacent to an activating group) is 1. The summed E-state index contributed by atoms with van der Waals surface area (Å²) in [5.41, 5.74) is 3.22. The lowest BCUT2D eigenvalue weighted by molar-refractivity contribution is -0.129. The molecule has 0 fully saturated rings. The van der Waals surface area contributed by atoms with Crippen molar-refractivity contribution in [3.8, 4) is 0 Å². The van der Waals surface area contributed by atoms with E-state index in [2.05, 4.69) is 21.2 Å². The summed E-state index contributed by atoms with van der Waals surface area (Å²) in [5, 5.41) is 2.80. The summed E-state index contributed by atoms with van der Waals surface area (Å²) in [6, 6.07) is 4.25. The van der Waals surface area contributed by atoms with Gasteiger partial charge >= 0.3 is 0 Å². The first-order chi connectivity index (χ1) is 8.88. The molecule has 0 saturated heterocycles. The fraction of sp³-hybridized carbons (Fsp3) is 0.429. The summed E-state index contributed by atoms with van der Waals surface area (Å²) < 4.78 is 0.882. The van der Waals surface area contributed by atoms with Gasteiger partial charge in [0.2, 0.25) is 11.8 Å². The second-order valence-corrected chi connectivity index (χ2v) is 5.83. The highest BCUT2D eigenvalue weighted by atomic mass is 79.9. The van der Waals surface area contributed by atoms with Crippen molar-refractivity contribution in [1.82, 2.24) is 4.90 Å². The number of hydrogen-bond acceptors (Lipinski definition) is 2. The lowest BCUT2D eigenvalue weighted by Gasteiger charge is -2.22. The van der Waals surface area contributed by atoms with Crippen LogP contribution in [0.2, 0.25) is 0 Å². The van der Waals surface area contributed by atoms with Gasteiger partial charge < -0.3 is 10.2 Å². The van der Waals surface area contributed by atoms with Gasteiger partial charge in [0.15, 0.2) is 0 Å². The third kappa shape index (κ3) is 2.97. The molecule has 2 rings (SSSR count). The second-order valence-electron chi connectivity index (χ2n) is 4.97. The van der Waals surface area contributed by atoms with Gasteiger partial charge in [-0.25, -0.2) is 0 Å². The van der Waals surface area contributed by atoms with Crippen molar-refractivity contribution < 1.29 is 9.59 Å². The van der Waals surface area contributed by atoms with Crippen LogP contribution in [0.4, 0.5) is 5.69 Å². The predicted octanol–water partition coefficient (Wildman–Crippen LogP) is 2.35. The van der Waals surface area contributed by atoms with Crippen LogP contribution in [0.1, 0.15) is 25.0 Å². The van der Waals surface area contributed by atoms with E-state index in [1.807, 2.05) is 19.2 Å². The van der Waals surface area contributed by atoms with Crippen LogP contribution in [-0.4, -0.2) is 29.8 Å². The molecule has 1 aliphatic rings. The normalized spacial score (nSPS) is 16.9. The van der Waals surface area contributed by atoms with Crippen LogP contribution in [0.3, 0.4) is 0 Å². The topological polar surface area (TPSA) is 49.4 Å². The van der Waals surface area contributed by atoms with E-state index in [1.165, 1.54) is 18.1 Å². The molecule has 4 nitrogen and oxygen atoms in total. The van der Waals surface area contributed by atoms with Crippen LogP contribution >= 0.6 is 15.9 Å². The Kier molecular flexibility index (Phi) is 3.94. The van der Waals surface area contributed by atoms with Crippen LogP contribution < -0.4 is 5.32 Å². The Morgan fingerprint density at radius 2 is 1.84 bits per heavy atom. The third-order valence-corrected chi connectivity index (χ3v) is 4.21. The number of anilines is 1. The van der Waals surface area contributed by atoms with Gasteiger partial charge in [0.05, 0.1) is 5.69 Å². The molecule has 0 heterocycles. The quantitative estimate of drug-likeness (QED) is 0.907. The minimum Gasteiger partial charge on any atom is -0.342 e. The van der Waals surface area contributed by atoms with Gasteiger partial charge in [-0.1, -0.05) is 0 Å². The minimum absolute atomic E-state index is 0.0824. The number of carbonyl (C=O) groups is 2. The maximum atomic E-state index is 11.4. The maximum absolute atomic E-state index is 11.4. The Labute approximate surface area is 121 Å². The van der Waals surface area contributed by atoms with Gasteiger partial charge in [0, 0.05) is 31.4 Å². The van der Waals surface area contributed by atoms with Crippen molar-refractivity contribution in [3.63, 3.8) is 0 Å². The molecule has 102 valence electrons. The number of fused-ring (bicyclic) bond motifs is 1. The molecule has 1 N–H and O–H groups in total. The van der Waals surface area contributed by atoms with Gasteiger partial charge in [-0.3, -0.25) is 9.59 Å². The maximum Gasteiger partial charge on any atom is 0.221 e. The smallest absolute Gasteiger partial charge is 0.221 e. The van der Waals surface area contributed by atoms with E-state index < -0.39 is 0 Å². The van der Waals surface area contributed by atoms with E-state index in [4.69, 9.17) is 0 Å². The Balaban J connectivity index is 2.24. The Bertz CT molecular complexity index is 542. The van der Waals surface area contributed by atoms with E-state index in [1.54, 1.807) is 11.8 Å². The Morgan fingerprint density at radius 3 is 2.37 bits per heavy atom. The number of amides is 2. The summed E-state index contributed by atoms with van der Waals surface area (Å²) in [5.74, 6) is -0.00462. The molecule has 0 bridgehead atoms. The lowest BCUT2D eigenvalue weighted by atomic mass is 10.1. The van der Waals surface area contributed by atoms with Gasteiger partial charge in [0.25, 0.3) is 0 Å². The van der Waals surface area contributed by atoms with Crippen molar-refractivity contribution in [2.45, 2.75) is 32.7 Å². The number of benzene rings is 1. The van der Waals surface area contributed by atoms with E-state index in [0.717, 1.165) is 23.0 Å². The minimum atomic E-state index is -0.0870. The van der Waals surface area contributed by atoms with E-state index >= 15 is 0 Å². The molecule has 1 aliphatic carbocycles. The molecular weight excluding hydrogens is 308 g/mol. The molecule has 2 amide bonds. The summed E-state index contributed by atoms with van der Waals surface area (Å²) in [4.78, 5) is 24.3. The summed E-state index contributed by atoms with van der Waals surface area (Å²) in [6.45, 7) is 3.08. The molecule has 1 unspecified atom stereocenters. The lowest BCUT2D eigenvalue weighted by Crippen LogP contribution is -2.35. The highest BCUT2D eigenvalue weighted by molar-refractivity contribution is 9.10. The number of nitrogens with zero attached hydrogens (tertiary/aromatic N) is 1. The largest absolute Gasteiger partial charge is 0.342 e. The molecule has 0 aliphatic heterocycles. The van der Waals surface area contributed by atoms with Gasteiger partial charge in [-0.05, 0) is 52.0 Å². The van der Waals surface area contributed by atoms with Crippen LogP contribution in [0, 0.1) is 0 Å². The van der Waals surface area contributed by atoms with Gasteiger partial charge in [-0.15, -0.1) is 0 Å². The SMILES string of the molecule is CC(=O)Nc1cc2c(cc1Br)CC(N(C)C(C)=O)C2. The molecule has 1 atom stereocenters. The molecule has 0 saturated carbocycles. The standard InChI is InChI=1S/C14H17BrN2O2/c1-8(18)16-14-7-11-5-12(17(3)9(2)19)4-10(11)6-13(14)15/h6-7,12H,4-5H2,1-3H3,(H,16,18). The number of halogens is 1. The molecule has 0 aromatic heterocycles. The average molecular weight is 325 g/mol. The number of rotatable bonds is 2. The van der Waals surface area contributed by atoms with E-state index in [-0.39, 0.29) is 17.9 Å². The fourth-order valence-corrected chi connectivity index (χ4v) is 2.93. The zero-order valence-electron chi connectivity index (χ0n) is 11.3. The van der Waals surface area contributed by atoms with E-state index in [0.29, 0.717) is 0 Å². The monoisotopic (exact) mass is 324 g/mol. The summed E-state index contributed by atoms with van der Waals surface area (Å²) in [6.07, 6.45) is 1.70. The molecule has 0 spiro atoms. The number of hydrogen-bond donors (Lipinski definition) is 1. The summed E-state index contributed by atoms with van der Waals surface area (Å²) >= 11 is 3.47. The molecule has 5 heteroatoms. The molecular formula is C14H17BrN2O2. The zero-order valence-corrected chi connectivity index (χ0v) is 12.9. The third-order valence-electron chi connectivity index (χ3n) is 3.56. The van der Waals surface area contributed by atoms with Crippen LogP contribution in [0.15, 0.2) is 16.6 Å². The second kappa shape index (κ2) is 5.33. The Hall–Kier alpha value is -1.36. The molecule has 0 radical (unpaired) electrons. The predicted molar refractivity (Wildman–Crippen MR) is 78.1 cm³/mol. The first-order valence-electron chi connectivity index (χ1n) is 6.20. The van der Waals surface area contributed by atoms with Crippen molar-refractivity contribution in [2.24, 2.45) is 0 Å². The van der Waals surface area contributed by atoms with Crippen molar-refractivity contribution in [1.29, 1.82) is 0 Å². The zero-order chi connectivity index (χ0) is 14.2. The average Bonchev–Trinajstić information content (AvgIpc) is 2.70. The van der Waals surface area contributed by atoms with Crippen molar-refractivity contribution >= 4 is 33.4 Å². The highest BCUT2D eigenvalue weighted by Gasteiger charge is 2.27. The first kappa shape index (κ1) is 14.1. The van der Waals surface area contributed by atoms with Crippen LogP contribution in [0.25, 0.3) is 0 Å².